The molecule has 0 spiro atoms. The molecule has 0 radical (unpaired) electrons. The highest BCUT2D eigenvalue weighted by atomic mass is 16.7. The summed E-state index contributed by atoms with van der Waals surface area (Å²) in [6, 6.07) is 0. The molecule has 0 bridgehead atoms. The summed E-state index contributed by atoms with van der Waals surface area (Å²) in [5, 5.41) is 12.4. The highest BCUT2D eigenvalue weighted by Crippen LogP contribution is 2.19. The second kappa shape index (κ2) is 8.89. The Morgan fingerprint density at radius 2 is 2.15 bits per heavy atom. The second-order valence-corrected chi connectivity index (χ2v) is 5.00. The lowest BCUT2D eigenvalue weighted by Gasteiger charge is -2.31. The molecule has 0 aromatic rings. The zero-order chi connectivity index (χ0) is 15.0. The van der Waals surface area contributed by atoms with Crippen molar-refractivity contribution >= 4 is 11.8 Å². The van der Waals surface area contributed by atoms with E-state index < -0.39 is 18.3 Å². The van der Waals surface area contributed by atoms with E-state index in [0.717, 1.165) is 6.42 Å². The summed E-state index contributed by atoms with van der Waals surface area (Å²) in [4.78, 5) is 21.9. The van der Waals surface area contributed by atoms with Gasteiger partial charge in [-0.25, -0.2) is 0 Å². The summed E-state index contributed by atoms with van der Waals surface area (Å²) in [5.74, 6) is -0.549. The molecule has 3 unspecified atom stereocenters. The Balaban J connectivity index is 2.06. The Labute approximate surface area is 118 Å². The maximum atomic E-state index is 11.4. The summed E-state index contributed by atoms with van der Waals surface area (Å²) in [6.07, 6.45) is 1.24. The van der Waals surface area contributed by atoms with Gasteiger partial charge in [-0.1, -0.05) is 0 Å². The Hall–Kier alpha value is -1.18. The van der Waals surface area contributed by atoms with Crippen molar-refractivity contribution in [3.8, 4) is 0 Å². The van der Waals surface area contributed by atoms with Crippen LogP contribution in [0.15, 0.2) is 0 Å². The van der Waals surface area contributed by atoms with Crippen molar-refractivity contribution in [2.24, 2.45) is 5.73 Å². The van der Waals surface area contributed by atoms with Gasteiger partial charge in [-0.3, -0.25) is 9.59 Å². The van der Waals surface area contributed by atoms with E-state index in [-0.39, 0.29) is 31.5 Å². The first-order valence-electron chi connectivity index (χ1n) is 6.99. The number of aliphatic hydroxyl groups excluding tert-OH is 1. The van der Waals surface area contributed by atoms with Gasteiger partial charge >= 0.3 is 0 Å². The van der Waals surface area contributed by atoms with Crippen molar-refractivity contribution in [3.63, 3.8) is 0 Å². The van der Waals surface area contributed by atoms with Crippen LogP contribution in [-0.4, -0.2) is 48.6 Å². The number of aliphatic hydroxyl groups is 1. The molecule has 1 saturated heterocycles. The molecule has 1 heterocycles. The molecule has 2 amide bonds. The monoisotopic (exact) mass is 288 g/mol. The molecule has 0 saturated carbocycles. The van der Waals surface area contributed by atoms with E-state index in [1.54, 1.807) is 0 Å². The van der Waals surface area contributed by atoms with E-state index in [1.807, 2.05) is 6.92 Å². The summed E-state index contributed by atoms with van der Waals surface area (Å²) >= 11 is 0. The quantitative estimate of drug-likeness (QED) is 0.529. The number of primary amides is 1. The van der Waals surface area contributed by atoms with Crippen LogP contribution >= 0.6 is 0 Å². The molecular weight excluding hydrogens is 264 g/mol. The summed E-state index contributed by atoms with van der Waals surface area (Å²) in [7, 11) is 0. The van der Waals surface area contributed by atoms with Crippen molar-refractivity contribution in [1.29, 1.82) is 0 Å². The molecule has 7 nitrogen and oxygen atoms in total. The molecule has 1 rings (SSSR count). The molecule has 0 aromatic heterocycles. The predicted octanol–water partition coefficient (Wildman–Crippen LogP) is -0.339. The van der Waals surface area contributed by atoms with Crippen molar-refractivity contribution in [2.45, 2.75) is 57.5 Å². The lowest BCUT2D eigenvalue weighted by atomic mass is 10.1. The number of carbonyl (C=O) groups is 2. The van der Waals surface area contributed by atoms with Crippen LogP contribution in [-0.2, 0) is 19.1 Å². The van der Waals surface area contributed by atoms with E-state index in [2.05, 4.69) is 5.32 Å². The number of hydrogen-bond acceptors (Lipinski definition) is 5. The van der Waals surface area contributed by atoms with Crippen LogP contribution in [0, 0.1) is 0 Å². The van der Waals surface area contributed by atoms with Crippen molar-refractivity contribution in [3.05, 3.63) is 0 Å². The molecule has 0 aromatic carbocycles. The molecule has 1 aliphatic heterocycles. The lowest BCUT2D eigenvalue weighted by Crippen LogP contribution is -2.41. The van der Waals surface area contributed by atoms with Gasteiger partial charge in [0.25, 0.3) is 0 Å². The van der Waals surface area contributed by atoms with Crippen LogP contribution in [0.1, 0.15) is 39.0 Å². The highest BCUT2D eigenvalue weighted by Gasteiger charge is 2.28. The van der Waals surface area contributed by atoms with Gasteiger partial charge in [0.15, 0.2) is 6.29 Å². The topological polar surface area (TPSA) is 111 Å². The maximum absolute atomic E-state index is 11.4. The molecule has 7 heteroatoms. The van der Waals surface area contributed by atoms with Crippen molar-refractivity contribution in [1.82, 2.24) is 5.32 Å². The average molecular weight is 288 g/mol. The molecule has 0 aliphatic carbocycles. The van der Waals surface area contributed by atoms with Gasteiger partial charge in [-0.15, -0.1) is 0 Å². The van der Waals surface area contributed by atoms with Crippen molar-refractivity contribution in [2.75, 3.05) is 13.2 Å². The van der Waals surface area contributed by atoms with E-state index in [4.69, 9.17) is 15.2 Å². The number of nitrogens with one attached hydrogen (secondary N) is 1. The first-order valence-corrected chi connectivity index (χ1v) is 6.99. The van der Waals surface area contributed by atoms with Crippen LogP contribution in [0.25, 0.3) is 0 Å². The summed E-state index contributed by atoms with van der Waals surface area (Å²) in [6.45, 7) is 2.55. The number of carbonyl (C=O) groups excluding carboxylic acids is 2. The third-order valence-corrected chi connectivity index (χ3v) is 3.08. The van der Waals surface area contributed by atoms with Gasteiger partial charge in [0.1, 0.15) is 6.10 Å². The Bertz CT molecular complexity index is 324. The standard InChI is InChI=1S/C13H24N2O5/c1-9-5-6-10(16)13(20-9)19-8-7-15-12(18)4-2-3-11(14)17/h9-10,13,16H,2-8H2,1H3,(H2,14,17)(H,15,18). The average Bonchev–Trinajstić information content (AvgIpc) is 2.38. The van der Waals surface area contributed by atoms with Gasteiger partial charge in [0.2, 0.25) is 11.8 Å². The van der Waals surface area contributed by atoms with Crippen LogP contribution in [0.5, 0.6) is 0 Å². The fraction of sp³-hybridized carbons (Fsp3) is 0.846. The molecule has 1 fully saturated rings. The minimum absolute atomic E-state index is 0.0757. The Morgan fingerprint density at radius 3 is 2.85 bits per heavy atom. The first-order chi connectivity index (χ1) is 9.49. The van der Waals surface area contributed by atoms with Crippen LogP contribution in [0.3, 0.4) is 0 Å². The normalized spacial score (nSPS) is 26.2. The lowest BCUT2D eigenvalue weighted by molar-refractivity contribution is -0.235. The number of hydrogen-bond donors (Lipinski definition) is 3. The van der Waals surface area contributed by atoms with Gasteiger partial charge in [0.05, 0.1) is 12.7 Å². The summed E-state index contributed by atoms with van der Waals surface area (Å²) in [5.41, 5.74) is 4.98. The minimum Gasteiger partial charge on any atom is -0.388 e. The zero-order valence-corrected chi connectivity index (χ0v) is 11.8. The summed E-state index contributed by atoms with van der Waals surface area (Å²) < 4.78 is 10.9. The minimum atomic E-state index is -0.620. The van der Waals surface area contributed by atoms with Gasteiger partial charge in [-0.2, -0.15) is 0 Å². The number of ether oxygens (including phenoxy) is 2. The van der Waals surface area contributed by atoms with E-state index in [1.165, 1.54) is 0 Å². The van der Waals surface area contributed by atoms with Gasteiger partial charge in [0, 0.05) is 19.4 Å². The molecule has 3 atom stereocenters. The molecule has 4 N–H and O–H groups in total. The third kappa shape index (κ3) is 6.83. The van der Waals surface area contributed by atoms with Crippen molar-refractivity contribution < 1.29 is 24.2 Å². The highest BCUT2D eigenvalue weighted by molar-refractivity contribution is 5.77. The fourth-order valence-corrected chi connectivity index (χ4v) is 1.96. The first kappa shape index (κ1) is 16.9. The third-order valence-electron chi connectivity index (χ3n) is 3.08. The maximum Gasteiger partial charge on any atom is 0.220 e. The molecule has 116 valence electrons. The van der Waals surface area contributed by atoms with E-state index >= 15 is 0 Å². The predicted molar refractivity (Wildman–Crippen MR) is 71.6 cm³/mol. The smallest absolute Gasteiger partial charge is 0.220 e. The van der Waals surface area contributed by atoms with Crippen LogP contribution in [0.2, 0.25) is 0 Å². The van der Waals surface area contributed by atoms with Crippen LogP contribution < -0.4 is 11.1 Å². The van der Waals surface area contributed by atoms with Crippen LogP contribution in [0.4, 0.5) is 0 Å². The van der Waals surface area contributed by atoms with Gasteiger partial charge in [-0.05, 0) is 26.2 Å². The largest absolute Gasteiger partial charge is 0.388 e. The van der Waals surface area contributed by atoms with E-state index in [9.17, 15) is 14.7 Å². The number of nitrogens with two attached hydrogens (primary N) is 1. The Kier molecular flexibility index (Phi) is 7.50. The SMILES string of the molecule is CC1CCC(O)C(OCCNC(=O)CCCC(N)=O)O1. The van der Waals surface area contributed by atoms with E-state index in [0.29, 0.717) is 19.4 Å². The number of amides is 2. The Morgan fingerprint density at radius 1 is 1.40 bits per heavy atom. The number of rotatable bonds is 8. The second-order valence-electron chi connectivity index (χ2n) is 5.00. The molecule has 20 heavy (non-hydrogen) atoms. The molecular formula is C13H24N2O5. The fourth-order valence-electron chi connectivity index (χ4n) is 1.96. The molecule has 1 aliphatic rings. The van der Waals surface area contributed by atoms with Gasteiger partial charge < -0.3 is 25.6 Å². The zero-order valence-electron chi connectivity index (χ0n) is 11.8.